The van der Waals surface area contributed by atoms with Gasteiger partial charge in [0.2, 0.25) is 0 Å². The summed E-state index contributed by atoms with van der Waals surface area (Å²) in [4.78, 5) is 13.1. The lowest BCUT2D eigenvalue weighted by Gasteiger charge is -2.17. The number of carbonyl (C=O) groups is 1. The highest BCUT2D eigenvalue weighted by Gasteiger charge is 2.17. The fraction of sp³-hybridized carbons (Fsp3) is 0.278. The predicted molar refractivity (Wildman–Crippen MR) is 97.3 cm³/mol. The van der Waals surface area contributed by atoms with Gasteiger partial charge >= 0.3 is 0 Å². The van der Waals surface area contributed by atoms with E-state index in [9.17, 15) is 13.6 Å². The van der Waals surface area contributed by atoms with Gasteiger partial charge in [0.05, 0.1) is 23.4 Å². The number of benzene rings is 2. The molecule has 0 atom stereocenters. The maximum atomic E-state index is 14.1. The average molecular weight is 401 g/mol. The molecule has 0 fully saturated rings. The quantitative estimate of drug-likeness (QED) is 0.722. The van der Waals surface area contributed by atoms with Crippen LogP contribution in [0.25, 0.3) is 0 Å². The molecule has 0 aliphatic rings. The van der Waals surface area contributed by atoms with Crippen LogP contribution >= 0.6 is 11.6 Å². The summed E-state index contributed by atoms with van der Waals surface area (Å²) >= 11 is 5.99. The molecule has 0 aliphatic heterocycles. The first-order chi connectivity index (χ1) is 12.7. The number of likely N-dealkylation sites (N-methyl/N-ethyl adjacent to an activating group) is 1. The topological polar surface area (TPSA) is 74.0 Å². The van der Waals surface area contributed by atoms with Crippen molar-refractivity contribution in [1.29, 1.82) is 0 Å². The van der Waals surface area contributed by atoms with E-state index in [1.807, 2.05) is 0 Å². The van der Waals surface area contributed by atoms with Gasteiger partial charge in [-0.2, -0.15) is 0 Å². The number of nitrogen functional groups attached to an aromatic ring is 1. The van der Waals surface area contributed by atoms with Crippen molar-refractivity contribution in [3.8, 4) is 17.2 Å². The number of ether oxygens (including phenoxy) is 3. The van der Waals surface area contributed by atoms with Gasteiger partial charge in [-0.05, 0) is 12.1 Å². The van der Waals surface area contributed by atoms with Crippen LogP contribution in [0.4, 0.5) is 14.5 Å². The molecule has 6 nitrogen and oxygen atoms in total. The molecule has 0 saturated carbocycles. The molecule has 1 amide bonds. The highest BCUT2D eigenvalue weighted by atomic mass is 35.5. The Morgan fingerprint density at radius 1 is 1.15 bits per heavy atom. The molecule has 0 spiro atoms. The predicted octanol–water partition coefficient (Wildman–Crippen LogP) is 3.26. The Kier molecular flexibility index (Phi) is 6.68. The summed E-state index contributed by atoms with van der Waals surface area (Å²) in [6.07, 6.45) is 0. The first-order valence-corrected chi connectivity index (χ1v) is 8.18. The summed E-state index contributed by atoms with van der Waals surface area (Å²) in [7, 11) is 4.49. The van der Waals surface area contributed by atoms with Crippen molar-refractivity contribution >= 4 is 23.2 Å². The lowest BCUT2D eigenvalue weighted by Crippen LogP contribution is -2.27. The molecule has 0 radical (unpaired) electrons. The zero-order chi connectivity index (χ0) is 20.1. The molecular formula is C18H19ClF2N2O4. The van der Waals surface area contributed by atoms with Crippen LogP contribution < -0.4 is 19.9 Å². The normalized spacial score (nSPS) is 10.4. The maximum absolute atomic E-state index is 14.1. The largest absolute Gasteiger partial charge is 0.496 e. The van der Waals surface area contributed by atoms with E-state index in [1.165, 1.54) is 30.2 Å². The Bertz CT molecular complexity index is 847. The van der Waals surface area contributed by atoms with E-state index in [4.69, 9.17) is 31.5 Å². The van der Waals surface area contributed by atoms with E-state index in [-0.39, 0.29) is 52.6 Å². The first kappa shape index (κ1) is 20.6. The van der Waals surface area contributed by atoms with Gasteiger partial charge in [0, 0.05) is 26.2 Å². The standard InChI is InChI=1S/C18H19ClF2N2O4/c1-23(2)17(24)9-27-15-6-11(19)13(22)7-16(15)26-8-10-14(25-3)5-4-12(20)18(10)21/h4-7H,8-9,22H2,1-3H3. The molecule has 0 bridgehead atoms. The molecule has 0 heterocycles. The van der Waals surface area contributed by atoms with Crippen LogP contribution in [0.3, 0.4) is 0 Å². The monoisotopic (exact) mass is 400 g/mol. The third-order valence-corrected chi connectivity index (χ3v) is 3.99. The Morgan fingerprint density at radius 2 is 1.81 bits per heavy atom. The number of nitrogens with zero attached hydrogens (tertiary/aromatic N) is 1. The van der Waals surface area contributed by atoms with Crippen LogP contribution in [0, 0.1) is 11.6 Å². The van der Waals surface area contributed by atoms with Crippen molar-refractivity contribution in [2.24, 2.45) is 0 Å². The summed E-state index contributed by atoms with van der Waals surface area (Å²) in [5.41, 5.74) is 5.86. The van der Waals surface area contributed by atoms with Crippen molar-refractivity contribution in [3.63, 3.8) is 0 Å². The molecule has 2 N–H and O–H groups in total. The maximum Gasteiger partial charge on any atom is 0.259 e. The number of halogens is 3. The van der Waals surface area contributed by atoms with Crippen LogP contribution in [0.15, 0.2) is 24.3 Å². The molecule has 0 saturated heterocycles. The van der Waals surface area contributed by atoms with Crippen LogP contribution in [0.1, 0.15) is 5.56 Å². The number of hydrogen-bond donors (Lipinski definition) is 1. The second-order valence-electron chi connectivity index (χ2n) is 5.73. The number of carbonyl (C=O) groups excluding carboxylic acids is 1. The summed E-state index contributed by atoms with van der Waals surface area (Å²) in [6.45, 7) is -0.618. The van der Waals surface area contributed by atoms with Crippen LogP contribution in [-0.4, -0.2) is 38.6 Å². The first-order valence-electron chi connectivity index (χ1n) is 7.80. The molecule has 2 aromatic carbocycles. The number of methoxy groups -OCH3 is 1. The van der Waals surface area contributed by atoms with Gasteiger partial charge in [-0.1, -0.05) is 11.6 Å². The van der Waals surface area contributed by atoms with E-state index in [0.29, 0.717) is 0 Å². The van der Waals surface area contributed by atoms with Gasteiger partial charge in [0.25, 0.3) is 5.91 Å². The number of amides is 1. The molecule has 0 aromatic heterocycles. The molecule has 2 rings (SSSR count). The fourth-order valence-electron chi connectivity index (χ4n) is 2.10. The van der Waals surface area contributed by atoms with Gasteiger partial charge in [-0.15, -0.1) is 0 Å². The molecule has 27 heavy (non-hydrogen) atoms. The highest BCUT2D eigenvalue weighted by molar-refractivity contribution is 6.33. The minimum Gasteiger partial charge on any atom is -0.496 e. The van der Waals surface area contributed by atoms with Crippen LogP contribution in [-0.2, 0) is 11.4 Å². The van der Waals surface area contributed by atoms with Crippen molar-refractivity contribution < 1.29 is 27.8 Å². The summed E-state index contributed by atoms with van der Waals surface area (Å²) < 4.78 is 43.6. The minimum atomic E-state index is -1.08. The fourth-order valence-corrected chi connectivity index (χ4v) is 2.25. The lowest BCUT2D eigenvalue weighted by molar-refractivity contribution is -0.130. The summed E-state index contributed by atoms with van der Waals surface area (Å²) in [5, 5.41) is 0.198. The van der Waals surface area contributed by atoms with Gasteiger partial charge in [0.1, 0.15) is 12.4 Å². The van der Waals surface area contributed by atoms with Crippen molar-refractivity contribution in [2.45, 2.75) is 6.61 Å². The van der Waals surface area contributed by atoms with Gasteiger partial charge < -0.3 is 24.8 Å². The second kappa shape index (κ2) is 8.77. The number of nitrogens with two attached hydrogens (primary N) is 1. The Labute approximate surface area is 160 Å². The minimum absolute atomic E-state index is 0.110. The van der Waals surface area contributed by atoms with Crippen molar-refractivity contribution in [2.75, 3.05) is 33.5 Å². The van der Waals surface area contributed by atoms with Gasteiger partial charge in [-0.25, -0.2) is 8.78 Å². The summed E-state index contributed by atoms with van der Waals surface area (Å²) in [5.74, 6) is -2.01. The molecule has 2 aromatic rings. The highest BCUT2D eigenvalue weighted by Crippen LogP contribution is 2.36. The molecule has 146 valence electrons. The second-order valence-corrected chi connectivity index (χ2v) is 6.14. The van der Waals surface area contributed by atoms with Crippen molar-refractivity contribution in [1.82, 2.24) is 4.90 Å². The molecular weight excluding hydrogens is 382 g/mol. The van der Waals surface area contributed by atoms with Gasteiger partial charge in [0.15, 0.2) is 29.7 Å². The summed E-state index contributed by atoms with van der Waals surface area (Å²) in [6, 6.07) is 5.01. The van der Waals surface area contributed by atoms with Crippen LogP contribution in [0.2, 0.25) is 5.02 Å². The van der Waals surface area contributed by atoms with E-state index < -0.39 is 11.6 Å². The molecule has 0 aliphatic carbocycles. The van der Waals surface area contributed by atoms with E-state index in [1.54, 1.807) is 14.1 Å². The smallest absolute Gasteiger partial charge is 0.259 e. The number of hydrogen-bond acceptors (Lipinski definition) is 5. The third kappa shape index (κ3) is 4.91. The van der Waals surface area contributed by atoms with Gasteiger partial charge in [-0.3, -0.25) is 4.79 Å². The van der Waals surface area contributed by atoms with E-state index >= 15 is 0 Å². The van der Waals surface area contributed by atoms with E-state index in [0.717, 1.165) is 6.07 Å². The third-order valence-electron chi connectivity index (χ3n) is 3.66. The number of rotatable bonds is 7. The Balaban J connectivity index is 2.27. The van der Waals surface area contributed by atoms with Crippen molar-refractivity contribution in [3.05, 3.63) is 46.5 Å². The zero-order valence-corrected chi connectivity index (χ0v) is 15.8. The Morgan fingerprint density at radius 3 is 2.44 bits per heavy atom. The zero-order valence-electron chi connectivity index (χ0n) is 15.0. The lowest BCUT2D eigenvalue weighted by atomic mass is 10.2. The molecule has 9 heteroatoms. The number of anilines is 1. The SMILES string of the molecule is COc1ccc(F)c(F)c1COc1cc(N)c(Cl)cc1OCC(=O)N(C)C. The average Bonchev–Trinajstić information content (AvgIpc) is 2.63. The van der Waals surface area contributed by atoms with E-state index in [2.05, 4.69) is 0 Å². The van der Waals surface area contributed by atoms with Crippen LogP contribution in [0.5, 0.6) is 17.2 Å². The molecule has 0 unspecified atom stereocenters. The Hall–Kier alpha value is -2.74.